The quantitative estimate of drug-likeness (QED) is 0.651. The SMILES string of the molecule is C=CC(=O)NCC1(c2ccccc2)CCN(C(=O)C2CC=CCO2)CC1. The first-order chi connectivity index (χ1) is 12.6. The molecule has 5 nitrogen and oxygen atoms in total. The first-order valence-corrected chi connectivity index (χ1v) is 9.16. The normalized spacial score (nSPS) is 21.8. The molecule has 1 atom stereocenters. The zero-order valence-electron chi connectivity index (χ0n) is 15.0. The van der Waals surface area contributed by atoms with Gasteiger partial charge in [0.15, 0.2) is 0 Å². The second-order valence-electron chi connectivity index (χ2n) is 6.92. The maximum atomic E-state index is 12.7. The number of piperidine rings is 1. The van der Waals surface area contributed by atoms with E-state index in [4.69, 9.17) is 4.74 Å². The van der Waals surface area contributed by atoms with Crippen LogP contribution in [0.2, 0.25) is 0 Å². The van der Waals surface area contributed by atoms with Crippen LogP contribution in [0.4, 0.5) is 0 Å². The number of benzene rings is 1. The van der Waals surface area contributed by atoms with Crippen molar-refractivity contribution in [3.05, 3.63) is 60.7 Å². The molecule has 1 saturated heterocycles. The number of nitrogens with zero attached hydrogens (tertiary/aromatic N) is 1. The van der Waals surface area contributed by atoms with Gasteiger partial charge in [-0.3, -0.25) is 9.59 Å². The van der Waals surface area contributed by atoms with Gasteiger partial charge in [0.25, 0.3) is 5.91 Å². The van der Waals surface area contributed by atoms with Gasteiger partial charge in [-0.2, -0.15) is 0 Å². The third kappa shape index (κ3) is 4.05. The van der Waals surface area contributed by atoms with Gasteiger partial charge < -0.3 is 15.0 Å². The van der Waals surface area contributed by atoms with Crippen LogP contribution in [0.1, 0.15) is 24.8 Å². The van der Waals surface area contributed by atoms with E-state index in [1.54, 1.807) is 0 Å². The van der Waals surface area contributed by atoms with Crippen molar-refractivity contribution in [2.24, 2.45) is 0 Å². The molecular formula is C21H26N2O3. The lowest BCUT2D eigenvalue weighted by molar-refractivity contribution is -0.145. The van der Waals surface area contributed by atoms with Crippen LogP contribution in [0.15, 0.2) is 55.1 Å². The molecule has 0 radical (unpaired) electrons. The van der Waals surface area contributed by atoms with Crippen molar-refractivity contribution >= 4 is 11.8 Å². The predicted molar refractivity (Wildman–Crippen MR) is 101 cm³/mol. The molecular weight excluding hydrogens is 328 g/mol. The van der Waals surface area contributed by atoms with Gasteiger partial charge in [-0.05, 0) is 24.5 Å². The van der Waals surface area contributed by atoms with Gasteiger partial charge in [0.1, 0.15) is 6.10 Å². The minimum absolute atomic E-state index is 0.0751. The highest BCUT2D eigenvalue weighted by Crippen LogP contribution is 2.35. The minimum Gasteiger partial charge on any atom is -0.364 e. The molecule has 0 spiro atoms. The predicted octanol–water partition coefficient (Wildman–Crippen LogP) is 2.19. The average Bonchev–Trinajstić information content (AvgIpc) is 2.73. The summed E-state index contributed by atoms with van der Waals surface area (Å²) in [6.45, 7) is 5.91. The average molecular weight is 354 g/mol. The Labute approximate surface area is 154 Å². The van der Waals surface area contributed by atoms with Crippen molar-refractivity contribution < 1.29 is 14.3 Å². The van der Waals surface area contributed by atoms with Crippen LogP contribution < -0.4 is 5.32 Å². The summed E-state index contributed by atoms with van der Waals surface area (Å²) in [7, 11) is 0. The van der Waals surface area contributed by atoms with Gasteiger partial charge in [-0.25, -0.2) is 0 Å². The topological polar surface area (TPSA) is 58.6 Å². The Kier molecular flexibility index (Phi) is 5.89. The first kappa shape index (κ1) is 18.4. The maximum Gasteiger partial charge on any atom is 0.252 e. The Morgan fingerprint density at radius 1 is 1.23 bits per heavy atom. The Morgan fingerprint density at radius 3 is 2.58 bits per heavy atom. The molecule has 0 bridgehead atoms. The molecule has 5 heteroatoms. The number of likely N-dealkylation sites (tertiary alicyclic amines) is 1. The smallest absolute Gasteiger partial charge is 0.252 e. The molecule has 2 aliphatic heterocycles. The number of hydrogen-bond donors (Lipinski definition) is 1. The monoisotopic (exact) mass is 354 g/mol. The Balaban J connectivity index is 1.70. The second-order valence-corrected chi connectivity index (χ2v) is 6.92. The van der Waals surface area contributed by atoms with Crippen molar-refractivity contribution in [1.29, 1.82) is 0 Å². The molecule has 1 N–H and O–H groups in total. The van der Waals surface area contributed by atoms with Gasteiger partial charge in [0.05, 0.1) is 6.61 Å². The molecule has 0 aromatic heterocycles. The number of amides is 2. The van der Waals surface area contributed by atoms with Crippen molar-refractivity contribution in [2.45, 2.75) is 30.8 Å². The van der Waals surface area contributed by atoms with Gasteiger partial charge in [0, 0.05) is 31.5 Å². The largest absolute Gasteiger partial charge is 0.364 e. The highest BCUT2D eigenvalue weighted by atomic mass is 16.5. The summed E-state index contributed by atoms with van der Waals surface area (Å²) < 4.78 is 5.58. The maximum absolute atomic E-state index is 12.7. The summed E-state index contributed by atoms with van der Waals surface area (Å²) in [6, 6.07) is 10.2. The molecule has 1 fully saturated rings. The van der Waals surface area contributed by atoms with E-state index in [0.717, 1.165) is 12.8 Å². The van der Waals surface area contributed by atoms with Crippen molar-refractivity contribution in [3.63, 3.8) is 0 Å². The zero-order valence-corrected chi connectivity index (χ0v) is 15.0. The van der Waals surface area contributed by atoms with Crippen molar-refractivity contribution in [3.8, 4) is 0 Å². The molecule has 1 aromatic rings. The summed E-state index contributed by atoms with van der Waals surface area (Å²) in [4.78, 5) is 26.3. The second kappa shape index (κ2) is 8.32. The molecule has 2 aliphatic rings. The molecule has 26 heavy (non-hydrogen) atoms. The van der Waals surface area contributed by atoms with E-state index in [1.807, 2.05) is 35.3 Å². The summed E-state index contributed by atoms with van der Waals surface area (Å²) in [6.07, 6.45) is 7.16. The lowest BCUT2D eigenvalue weighted by Gasteiger charge is -2.43. The standard InChI is InChI=1S/C21H26N2O3/c1-2-19(24)22-16-21(17-8-4-3-5-9-17)11-13-23(14-12-21)20(25)18-10-6-7-15-26-18/h2-9,18H,1,10-16H2,(H,22,24). The van der Waals surface area contributed by atoms with Crippen LogP contribution in [-0.4, -0.2) is 49.1 Å². The molecule has 2 heterocycles. The molecule has 1 aromatic carbocycles. The van der Waals surface area contributed by atoms with Crippen LogP contribution in [0.5, 0.6) is 0 Å². The van der Waals surface area contributed by atoms with Crippen LogP contribution in [-0.2, 0) is 19.7 Å². The van der Waals surface area contributed by atoms with Crippen LogP contribution in [0.3, 0.4) is 0 Å². The number of rotatable bonds is 5. The summed E-state index contributed by atoms with van der Waals surface area (Å²) >= 11 is 0. The molecule has 138 valence electrons. The van der Waals surface area contributed by atoms with E-state index in [1.165, 1.54) is 11.6 Å². The Morgan fingerprint density at radius 2 is 1.96 bits per heavy atom. The van der Waals surface area contributed by atoms with Crippen LogP contribution in [0.25, 0.3) is 0 Å². The summed E-state index contributed by atoms with van der Waals surface area (Å²) in [5, 5.41) is 2.95. The van der Waals surface area contributed by atoms with Gasteiger partial charge >= 0.3 is 0 Å². The van der Waals surface area contributed by atoms with Crippen LogP contribution in [0, 0.1) is 0 Å². The lowest BCUT2D eigenvalue weighted by Crippen LogP contribution is -2.52. The van der Waals surface area contributed by atoms with E-state index in [9.17, 15) is 9.59 Å². The Bertz CT molecular complexity index is 676. The highest BCUT2D eigenvalue weighted by Gasteiger charge is 2.39. The molecule has 0 aliphatic carbocycles. The van der Waals surface area contributed by atoms with Crippen molar-refractivity contribution in [1.82, 2.24) is 10.2 Å². The third-order valence-electron chi connectivity index (χ3n) is 5.39. The number of nitrogens with one attached hydrogen (secondary N) is 1. The summed E-state index contributed by atoms with van der Waals surface area (Å²) in [5.74, 6) is -0.0904. The zero-order chi connectivity index (χ0) is 18.4. The van der Waals surface area contributed by atoms with E-state index in [2.05, 4.69) is 24.0 Å². The fourth-order valence-corrected chi connectivity index (χ4v) is 3.75. The van der Waals surface area contributed by atoms with Crippen LogP contribution >= 0.6 is 0 Å². The fourth-order valence-electron chi connectivity index (χ4n) is 3.75. The van der Waals surface area contributed by atoms with E-state index in [0.29, 0.717) is 32.7 Å². The molecule has 3 rings (SSSR count). The molecule has 0 saturated carbocycles. The van der Waals surface area contributed by atoms with Gasteiger partial charge in [-0.1, -0.05) is 49.1 Å². The number of ether oxygens (including phenoxy) is 1. The molecule has 1 unspecified atom stereocenters. The van der Waals surface area contributed by atoms with E-state index < -0.39 is 0 Å². The lowest BCUT2D eigenvalue weighted by atomic mass is 9.72. The number of carbonyl (C=O) groups is 2. The Hall–Kier alpha value is -2.40. The van der Waals surface area contributed by atoms with Gasteiger partial charge in [0.2, 0.25) is 5.91 Å². The third-order valence-corrected chi connectivity index (χ3v) is 5.39. The minimum atomic E-state index is -0.357. The van der Waals surface area contributed by atoms with E-state index in [-0.39, 0.29) is 23.3 Å². The number of carbonyl (C=O) groups excluding carboxylic acids is 2. The van der Waals surface area contributed by atoms with Crippen molar-refractivity contribution in [2.75, 3.05) is 26.2 Å². The van der Waals surface area contributed by atoms with Gasteiger partial charge in [-0.15, -0.1) is 0 Å². The molecule has 2 amide bonds. The number of hydrogen-bond acceptors (Lipinski definition) is 3. The highest BCUT2D eigenvalue weighted by molar-refractivity contribution is 5.87. The fraction of sp³-hybridized carbons (Fsp3) is 0.429. The first-order valence-electron chi connectivity index (χ1n) is 9.16. The van der Waals surface area contributed by atoms with E-state index >= 15 is 0 Å². The summed E-state index contributed by atoms with van der Waals surface area (Å²) in [5.41, 5.74) is 1.04.